The Kier molecular flexibility index (Phi) is 8.53. The van der Waals surface area contributed by atoms with Crippen LogP contribution in [0.3, 0.4) is 0 Å². The first-order chi connectivity index (χ1) is 19.4. The molecule has 1 fully saturated rings. The summed E-state index contributed by atoms with van der Waals surface area (Å²) in [5, 5.41) is 4.07. The molecule has 0 N–H and O–H groups in total. The van der Waals surface area contributed by atoms with E-state index < -0.39 is 17.7 Å². The summed E-state index contributed by atoms with van der Waals surface area (Å²) in [6, 6.07) is 24.5. The maximum absolute atomic E-state index is 13.1. The van der Waals surface area contributed by atoms with Crippen LogP contribution < -0.4 is 9.47 Å². The van der Waals surface area contributed by atoms with Crippen LogP contribution >= 0.6 is 15.9 Å². The number of methoxy groups -OCH3 is 2. The van der Waals surface area contributed by atoms with Gasteiger partial charge < -0.3 is 23.8 Å². The Morgan fingerprint density at radius 3 is 2.05 bits per heavy atom. The van der Waals surface area contributed by atoms with Crippen LogP contribution in [0.2, 0.25) is 0 Å². The zero-order valence-corrected chi connectivity index (χ0v) is 23.7. The fourth-order valence-electron chi connectivity index (χ4n) is 4.89. The number of benzene rings is 3. The molecule has 1 amide bonds. The van der Waals surface area contributed by atoms with Crippen molar-refractivity contribution in [1.29, 1.82) is 0 Å². The first-order valence-electron chi connectivity index (χ1n) is 12.7. The molecule has 5 rings (SSSR count). The van der Waals surface area contributed by atoms with Crippen molar-refractivity contribution in [1.82, 2.24) is 19.7 Å². The van der Waals surface area contributed by atoms with Gasteiger partial charge in [-0.15, -0.1) is 5.10 Å². The first kappa shape index (κ1) is 27.9. The van der Waals surface area contributed by atoms with E-state index in [1.807, 2.05) is 78.9 Å². The lowest BCUT2D eigenvalue weighted by Crippen LogP contribution is -2.53. The summed E-state index contributed by atoms with van der Waals surface area (Å²) in [6.45, 7) is 0.624. The smallest absolute Gasteiger partial charge is 0.346 e. The van der Waals surface area contributed by atoms with E-state index in [-0.39, 0.29) is 25.7 Å². The Labute approximate surface area is 242 Å². The number of carbonyl (C=O) groups excluding carboxylic acids is 1. The molecule has 0 bridgehead atoms. The SMILES string of the molecule is [B][C@H]1CN(C(=O)n2cnc(Br)n2)C[C@@H](COC(c2ccccc2)(c2ccc(OC)cc2)c2ccc(OC)cc2)O1. The van der Waals surface area contributed by atoms with Crippen molar-refractivity contribution >= 4 is 29.8 Å². The van der Waals surface area contributed by atoms with Crippen molar-refractivity contribution in [3.63, 3.8) is 0 Å². The van der Waals surface area contributed by atoms with Crippen LogP contribution in [0.4, 0.5) is 4.79 Å². The van der Waals surface area contributed by atoms with Crippen molar-refractivity contribution in [3.05, 3.63) is 107 Å². The highest BCUT2D eigenvalue weighted by Gasteiger charge is 2.40. The molecule has 1 aliphatic rings. The molecule has 2 radical (unpaired) electrons. The van der Waals surface area contributed by atoms with Crippen LogP contribution in [0, 0.1) is 0 Å². The molecule has 40 heavy (non-hydrogen) atoms. The molecule has 0 spiro atoms. The van der Waals surface area contributed by atoms with Gasteiger partial charge in [-0.05, 0) is 56.9 Å². The van der Waals surface area contributed by atoms with E-state index >= 15 is 0 Å². The third-order valence-electron chi connectivity index (χ3n) is 6.78. The quantitative estimate of drug-likeness (QED) is 0.220. The summed E-state index contributed by atoms with van der Waals surface area (Å²) < 4.78 is 25.3. The Morgan fingerprint density at radius 2 is 1.52 bits per heavy atom. The molecule has 3 aromatic carbocycles. The molecule has 1 aromatic heterocycles. The maximum atomic E-state index is 13.1. The van der Waals surface area contributed by atoms with Crippen molar-refractivity contribution in [2.45, 2.75) is 17.7 Å². The van der Waals surface area contributed by atoms with Gasteiger partial charge in [0.15, 0.2) is 0 Å². The summed E-state index contributed by atoms with van der Waals surface area (Å²) in [5.41, 5.74) is 1.69. The van der Waals surface area contributed by atoms with Gasteiger partial charge in [-0.1, -0.05) is 54.6 Å². The van der Waals surface area contributed by atoms with Gasteiger partial charge in [0.2, 0.25) is 4.73 Å². The lowest BCUT2D eigenvalue weighted by Gasteiger charge is -2.40. The van der Waals surface area contributed by atoms with E-state index in [9.17, 15) is 4.79 Å². The molecule has 0 unspecified atom stereocenters. The van der Waals surface area contributed by atoms with Gasteiger partial charge in [0.1, 0.15) is 31.3 Å². The highest BCUT2D eigenvalue weighted by atomic mass is 79.9. The van der Waals surface area contributed by atoms with E-state index in [1.165, 1.54) is 11.0 Å². The van der Waals surface area contributed by atoms with Crippen molar-refractivity contribution in [3.8, 4) is 11.5 Å². The van der Waals surface area contributed by atoms with Crippen molar-refractivity contribution in [2.24, 2.45) is 0 Å². The summed E-state index contributed by atoms with van der Waals surface area (Å²) in [6.07, 6.45) is 0.853. The molecule has 0 aliphatic carbocycles. The number of hydrogen-bond acceptors (Lipinski definition) is 7. The van der Waals surface area contributed by atoms with E-state index in [2.05, 4.69) is 26.0 Å². The summed E-state index contributed by atoms with van der Waals surface area (Å²) >= 11 is 3.18. The molecule has 0 saturated carbocycles. The van der Waals surface area contributed by atoms with Crippen LogP contribution in [0.5, 0.6) is 11.5 Å². The van der Waals surface area contributed by atoms with Crippen molar-refractivity contribution < 1.29 is 23.7 Å². The fraction of sp³-hybridized carbons (Fsp3) is 0.276. The van der Waals surface area contributed by atoms with E-state index in [4.69, 9.17) is 26.8 Å². The standard InChI is InChI=1S/C29H28BBrN4O5/c1-37-23-12-8-21(9-13-23)29(20-6-4-3-5-7-20,22-10-14-24(38-2)15-11-22)39-18-25-16-34(17-26(30)40-25)28(36)35-19-32-27(31)33-35/h3-15,19,25-26H,16-18H2,1-2H3/t25-,26+/m0/s1. The van der Waals surface area contributed by atoms with Crippen LogP contribution in [-0.2, 0) is 15.1 Å². The third kappa shape index (κ3) is 5.77. The van der Waals surface area contributed by atoms with Gasteiger partial charge in [-0.3, -0.25) is 0 Å². The van der Waals surface area contributed by atoms with Crippen LogP contribution in [0.25, 0.3) is 0 Å². The van der Waals surface area contributed by atoms with Crippen LogP contribution in [0.15, 0.2) is 89.9 Å². The number of ether oxygens (including phenoxy) is 4. The van der Waals surface area contributed by atoms with Gasteiger partial charge in [-0.2, -0.15) is 4.68 Å². The molecule has 204 valence electrons. The minimum Gasteiger partial charge on any atom is -0.497 e. The zero-order chi connectivity index (χ0) is 28.1. The monoisotopic (exact) mass is 602 g/mol. The summed E-state index contributed by atoms with van der Waals surface area (Å²) in [5.74, 6) is 1.46. The molecule has 1 aliphatic heterocycles. The molecule has 4 aromatic rings. The number of aromatic nitrogens is 3. The summed E-state index contributed by atoms with van der Waals surface area (Å²) in [4.78, 5) is 18.7. The minimum atomic E-state index is -1.02. The third-order valence-corrected chi connectivity index (χ3v) is 7.14. The minimum absolute atomic E-state index is 0.144. The predicted molar refractivity (Wildman–Crippen MR) is 153 cm³/mol. The van der Waals surface area contributed by atoms with E-state index in [1.54, 1.807) is 19.1 Å². The van der Waals surface area contributed by atoms with Gasteiger partial charge >= 0.3 is 6.03 Å². The molecular weight excluding hydrogens is 575 g/mol. The lowest BCUT2D eigenvalue weighted by atomic mass is 9.80. The second kappa shape index (κ2) is 12.2. The van der Waals surface area contributed by atoms with E-state index in [0.717, 1.165) is 28.2 Å². The molecule has 9 nitrogen and oxygen atoms in total. The lowest BCUT2D eigenvalue weighted by molar-refractivity contribution is -0.102. The van der Waals surface area contributed by atoms with Gasteiger partial charge in [0, 0.05) is 12.5 Å². The highest BCUT2D eigenvalue weighted by molar-refractivity contribution is 9.10. The summed E-state index contributed by atoms with van der Waals surface area (Å²) in [7, 11) is 9.49. The van der Waals surface area contributed by atoms with Crippen LogP contribution in [-0.4, -0.2) is 79.6 Å². The topological polar surface area (TPSA) is 87.9 Å². The first-order valence-corrected chi connectivity index (χ1v) is 13.5. The second-order valence-electron chi connectivity index (χ2n) is 9.26. The Bertz CT molecular complexity index is 1370. The number of hydrogen-bond donors (Lipinski definition) is 0. The van der Waals surface area contributed by atoms with Crippen LogP contribution in [0.1, 0.15) is 16.7 Å². The van der Waals surface area contributed by atoms with Gasteiger partial charge in [0.05, 0.1) is 33.5 Å². The fourth-order valence-corrected chi connectivity index (χ4v) is 5.15. The van der Waals surface area contributed by atoms with E-state index in [0.29, 0.717) is 4.73 Å². The number of amides is 1. The molecule has 2 heterocycles. The number of nitrogens with zero attached hydrogens (tertiary/aromatic N) is 4. The Balaban J connectivity index is 1.51. The Morgan fingerprint density at radius 1 is 0.950 bits per heavy atom. The van der Waals surface area contributed by atoms with Gasteiger partial charge in [0.25, 0.3) is 0 Å². The number of morpholine rings is 1. The average molecular weight is 603 g/mol. The predicted octanol–water partition coefficient (Wildman–Crippen LogP) is 4.23. The molecule has 1 saturated heterocycles. The van der Waals surface area contributed by atoms with Crippen molar-refractivity contribution in [2.75, 3.05) is 33.9 Å². The number of halogens is 1. The normalized spacial score (nSPS) is 17.4. The molecular formula is C29H28BBrN4O5. The number of carbonyl (C=O) groups is 1. The molecule has 11 heteroatoms. The molecule has 2 atom stereocenters. The number of rotatable bonds is 8. The Hall–Kier alpha value is -3.67. The second-order valence-corrected chi connectivity index (χ2v) is 9.97. The maximum Gasteiger partial charge on any atom is 0.346 e. The van der Waals surface area contributed by atoms with Gasteiger partial charge in [-0.25, -0.2) is 9.78 Å². The average Bonchev–Trinajstić information content (AvgIpc) is 3.44. The largest absolute Gasteiger partial charge is 0.497 e. The highest BCUT2D eigenvalue weighted by Crippen LogP contribution is 2.42. The zero-order valence-electron chi connectivity index (χ0n) is 22.1.